The van der Waals surface area contributed by atoms with Gasteiger partial charge in [0.2, 0.25) is 0 Å². The molecule has 0 radical (unpaired) electrons. The summed E-state index contributed by atoms with van der Waals surface area (Å²) in [4.78, 5) is 4.53. The SMILES string of the molecule is CC(C)NCc1cc(Br)cnc1-n1ccc(C2CC2)n1. The molecule has 3 rings (SSSR count). The molecule has 1 aliphatic rings. The number of pyridine rings is 1. The second kappa shape index (κ2) is 5.66. The summed E-state index contributed by atoms with van der Waals surface area (Å²) in [7, 11) is 0. The van der Waals surface area contributed by atoms with Crippen molar-refractivity contribution in [3.8, 4) is 5.82 Å². The van der Waals surface area contributed by atoms with Gasteiger partial charge in [-0.05, 0) is 40.9 Å². The fraction of sp³-hybridized carbons (Fsp3) is 0.467. The summed E-state index contributed by atoms with van der Waals surface area (Å²) >= 11 is 3.49. The number of hydrogen-bond donors (Lipinski definition) is 1. The Bertz CT molecular complexity index is 602. The third-order valence-electron chi connectivity index (χ3n) is 3.43. The maximum atomic E-state index is 4.67. The van der Waals surface area contributed by atoms with Crippen molar-refractivity contribution in [1.82, 2.24) is 20.1 Å². The average molecular weight is 335 g/mol. The lowest BCUT2D eigenvalue weighted by Gasteiger charge is -2.12. The molecule has 0 aromatic carbocycles. The summed E-state index contributed by atoms with van der Waals surface area (Å²) in [5, 5.41) is 8.11. The van der Waals surface area contributed by atoms with Gasteiger partial charge in [-0.25, -0.2) is 9.67 Å². The minimum Gasteiger partial charge on any atom is -0.310 e. The van der Waals surface area contributed by atoms with E-state index >= 15 is 0 Å². The lowest BCUT2D eigenvalue weighted by Crippen LogP contribution is -2.23. The molecule has 5 heteroatoms. The van der Waals surface area contributed by atoms with Crippen LogP contribution in [-0.2, 0) is 6.54 Å². The summed E-state index contributed by atoms with van der Waals surface area (Å²) in [6.45, 7) is 5.08. The summed E-state index contributed by atoms with van der Waals surface area (Å²) in [5.41, 5.74) is 2.34. The second-order valence-corrected chi connectivity index (χ2v) is 6.55. The Labute approximate surface area is 127 Å². The van der Waals surface area contributed by atoms with Crippen molar-refractivity contribution in [2.24, 2.45) is 0 Å². The first-order valence-corrected chi connectivity index (χ1v) is 7.86. The van der Waals surface area contributed by atoms with Crippen molar-refractivity contribution in [2.45, 2.75) is 45.2 Å². The number of nitrogens with one attached hydrogen (secondary N) is 1. The first-order valence-electron chi connectivity index (χ1n) is 7.07. The molecule has 0 amide bonds. The zero-order chi connectivity index (χ0) is 14.1. The fourth-order valence-electron chi connectivity index (χ4n) is 2.18. The molecule has 20 heavy (non-hydrogen) atoms. The highest BCUT2D eigenvalue weighted by Crippen LogP contribution is 2.39. The molecule has 1 aliphatic carbocycles. The van der Waals surface area contributed by atoms with Crippen LogP contribution in [0.5, 0.6) is 0 Å². The molecule has 1 N–H and O–H groups in total. The van der Waals surface area contributed by atoms with Crippen LogP contribution < -0.4 is 5.32 Å². The van der Waals surface area contributed by atoms with E-state index in [0.717, 1.165) is 22.4 Å². The number of rotatable bonds is 5. The van der Waals surface area contributed by atoms with Crippen molar-refractivity contribution >= 4 is 15.9 Å². The monoisotopic (exact) mass is 334 g/mol. The molecule has 0 spiro atoms. The van der Waals surface area contributed by atoms with Crippen molar-refractivity contribution in [3.63, 3.8) is 0 Å². The van der Waals surface area contributed by atoms with Crippen LogP contribution in [0.4, 0.5) is 0 Å². The molecule has 0 unspecified atom stereocenters. The number of nitrogens with zero attached hydrogens (tertiary/aromatic N) is 3. The molecular weight excluding hydrogens is 316 g/mol. The Balaban J connectivity index is 1.89. The summed E-state index contributed by atoms with van der Waals surface area (Å²) < 4.78 is 2.90. The van der Waals surface area contributed by atoms with Gasteiger partial charge in [0, 0.05) is 40.9 Å². The highest BCUT2D eigenvalue weighted by molar-refractivity contribution is 9.10. The highest BCUT2D eigenvalue weighted by Gasteiger charge is 2.26. The lowest BCUT2D eigenvalue weighted by atomic mass is 10.2. The van der Waals surface area contributed by atoms with Crippen LogP contribution in [0.15, 0.2) is 29.0 Å². The van der Waals surface area contributed by atoms with Crippen molar-refractivity contribution in [2.75, 3.05) is 0 Å². The van der Waals surface area contributed by atoms with E-state index in [0.29, 0.717) is 12.0 Å². The standard InChI is InChI=1S/C15H19BrN4/c1-10(2)17-8-12-7-13(16)9-18-15(12)20-6-5-14(19-20)11-3-4-11/h5-7,9-11,17H,3-4,8H2,1-2H3. The molecule has 1 fully saturated rings. The molecule has 4 nitrogen and oxygen atoms in total. The van der Waals surface area contributed by atoms with Gasteiger partial charge in [-0.2, -0.15) is 5.10 Å². The molecule has 1 saturated carbocycles. The molecule has 106 valence electrons. The smallest absolute Gasteiger partial charge is 0.157 e. The van der Waals surface area contributed by atoms with Gasteiger partial charge in [-0.3, -0.25) is 0 Å². The van der Waals surface area contributed by atoms with E-state index in [1.165, 1.54) is 18.5 Å². The quantitative estimate of drug-likeness (QED) is 0.911. The number of aromatic nitrogens is 3. The second-order valence-electron chi connectivity index (χ2n) is 5.63. The molecule has 0 aliphatic heterocycles. The first kappa shape index (κ1) is 13.8. The Morgan fingerprint density at radius 3 is 2.95 bits per heavy atom. The van der Waals surface area contributed by atoms with Gasteiger partial charge >= 0.3 is 0 Å². The van der Waals surface area contributed by atoms with E-state index in [2.05, 4.69) is 57.3 Å². The van der Waals surface area contributed by atoms with Crippen LogP contribution in [0.25, 0.3) is 5.82 Å². The largest absolute Gasteiger partial charge is 0.310 e. The predicted molar refractivity (Wildman–Crippen MR) is 83.0 cm³/mol. The van der Waals surface area contributed by atoms with Crippen LogP contribution in [0.2, 0.25) is 0 Å². The molecule has 2 aromatic heterocycles. The van der Waals surface area contributed by atoms with Gasteiger partial charge in [0.25, 0.3) is 0 Å². The Kier molecular flexibility index (Phi) is 3.89. The first-order chi connectivity index (χ1) is 9.63. The number of halogens is 1. The van der Waals surface area contributed by atoms with Gasteiger partial charge in [-0.1, -0.05) is 13.8 Å². The third kappa shape index (κ3) is 3.10. The molecule has 0 saturated heterocycles. The zero-order valence-corrected chi connectivity index (χ0v) is 13.4. The minimum absolute atomic E-state index is 0.446. The van der Waals surface area contributed by atoms with E-state index in [1.54, 1.807) is 0 Å². The van der Waals surface area contributed by atoms with Crippen molar-refractivity contribution in [3.05, 3.63) is 40.3 Å². The zero-order valence-electron chi connectivity index (χ0n) is 11.8. The summed E-state index contributed by atoms with van der Waals surface area (Å²) in [5.74, 6) is 1.58. The van der Waals surface area contributed by atoms with Gasteiger partial charge in [0.1, 0.15) is 0 Å². The summed E-state index contributed by atoms with van der Waals surface area (Å²) in [6.07, 6.45) is 6.38. The van der Waals surface area contributed by atoms with Crippen LogP contribution in [0, 0.1) is 0 Å². The predicted octanol–water partition coefficient (Wildman–Crippen LogP) is 3.41. The molecule has 0 atom stereocenters. The lowest BCUT2D eigenvalue weighted by molar-refractivity contribution is 0.584. The molecule has 2 aromatic rings. The number of hydrogen-bond acceptors (Lipinski definition) is 3. The Morgan fingerprint density at radius 2 is 2.25 bits per heavy atom. The van der Waals surface area contributed by atoms with Gasteiger partial charge in [0.15, 0.2) is 5.82 Å². The average Bonchev–Trinajstić information content (AvgIpc) is 3.15. The summed E-state index contributed by atoms with van der Waals surface area (Å²) in [6, 6.07) is 4.67. The van der Waals surface area contributed by atoms with E-state index < -0.39 is 0 Å². The van der Waals surface area contributed by atoms with E-state index in [4.69, 9.17) is 0 Å². The van der Waals surface area contributed by atoms with E-state index in [-0.39, 0.29) is 0 Å². The molecule has 2 heterocycles. The maximum absolute atomic E-state index is 4.67. The maximum Gasteiger partial charge on any atom is 0.157 e. The third-order valence-corrected chi connectivity index (χ3v) is 3.87. The van der Waals surface area contributed by atoms with E-state index in [1.807, 2.05) is 17.1 Å². The van der Waals surface area contributed by atoms with Gasteiger partial charge in [0.05, 0.1) is 5.69 Å². The van der Waals surface area contributed by atoms with Gasteiger partial charge < -0.3 is 5.32 Å². The minimum atomic E-state index is 0.446. The van der Waals surface area contributed by atoms with E-state index in [9.17, 15) is 0 Å². The van der Waals surface area contributed by atoms with Crippen LogP contribution in [0.1, 0.15) is 43.9 Å². The van der Waals surface area contributed by atoms with Crippen LogP contribution in [0.3, 0.4) is 0 Å². The van der Waals surface area contributed by atoms with Crippen molar-refractivity contribution < 1.29 is 0 Å². The van der Waals surface area contributed by atoms with Gasteiger partial charge in [-0.15, -0.1) is 0 Å². The molecular formula is C15H19BrN4. The van der Waals surface area contributed by atoms with Crippen LogP contribution >= 0.6 is 15.9 Å². The molecule has 0 bridgehead atoms. The Morgan fingerprint density at radius 1 is 1.45 bits per heavy atom. The topological polar surface area (TPSA) is 42.7 Å². The normalized spacial score (nSPS) is 15.0. The fourth-order valence-corrected chi connectivity index (χ4v) is 2.56. The van der Waals surface area contributed by atoms with Crippen LogP contribution in [-0.4, -0.2) is 20.8 Å². The highest BCUT2D eigenvalue weighted by atomic mass is 79.9. The Hall–Kier alpha value is -1.20. The van der Waals surface area contributed by atoms with Crippen molar-refractivity contribution in [1.29, 1.82) is 0 Å².